The first-order valence-corrected chi connectivity index (χ1v) is 9.67. The Bertz CT molecular complexity index is 868. The molecule has 3 rings (SSSR count). The monoisotopic (exact) mass is 390 g/mol. The van der Waals surface area contributed by atoms with Crippen LogP contribution in [-0.2, 0) is 16.0 Å². The van der Waals surface area contributed by atoms with Gasteiger partial charge in [-0.25, -0.2) is 8.78 Å². The Hall–Kier alpha value is -2.41. The maximum atomic E-state index is 13.8. The van der Waals surface area contributed by atoms with Crippen LogP contribution in [0.15, 0.2) is 36.4 Å². The van der Waals surface area contributed by atoms with Gasteiger partial charge in [0.25, 0.3) is 0 Å². The number of halogens is 2. The molecule has 0 saturated heterocycles. The number of thioether (sulfide) groups is 1. The fourth-order valence-electron chi connectivity index (χ4n) is 3.07. The third-order valence-electron chi connectivity index (χ3n) is 4.50. The van der Waals surface area contributed by atoms with E-state index >= 15 is 0 Å². The highest BCUT2D eigenvalue weighted by Crippen LogP contribution is 2.32. The molecule has 27 heavy (non-hydrogen) atoms. The predicted molar refractivity (Wildman–Crippen MR) is 103 cm³/mol. The van der Waals surface area contributed by atoms with Gasteiger partial charge in [0.2, 0.25) is 11.8 Å². The Morgan fingerprint density at radius 3 is 2.63 bits per heavy atom. The van der Waals surface area contributed by atoms with E-state index in [2.05, 4.69) is 10.6 Å². The number of carbonyl (C=O) groups is 2. The van der Waals surface area contributed by atoms with E-state index in [1.54, 1.807) is 6.92 Å². The van der Waals surface area contributed by atoms with E-state index in [9.17, 15) is 18.4 Å². The third-order valence-corrected chi connectivity index (χ3v) is 5.67. The SMILES string of the molecule is C[C@@H](NC(=O)CS[C@H](C)c1c(F)cccc1F)c1ccc2c(c1)CC(=O)N2. The molecular formula is C20H20F2N2O2S. The van der Waals surface area contributed by atoms with E-state index in [0.717, 1.165) is 16.8 Å². The Morgan fingerprint density at radius 2 is 1.93 bits per heavy atom. The Morgan fingerprint density at radius 1 is 1.22 bits per heavy atom. The molecule has 0 spiro atoms. The summed E-state index contributed by atoms with van der Waals surface area (Å²) < 4.78 is 27.6. The lowest BCUT2D eigenvalue weighted by molar-refractivity contribution is -0.119. The number of anilines is 1. The Balaban J connectivity index is 1.56. The molecule has 0 radical (unpaired) electrons. The molecule has 1 aliphatic rings. The topological polar surface area (TPSA) is 58.2 Å². The van der Waals surface area contributed by atoms with E-state index < -0.39 is 16.9 Å². The summed E-state index contributed by atoms with van der Waals surface area (Å²) in [6.45, 7) is 3.53. The molecule has 0 aromatic heterocycles. The van der Waals surface area contributed by atoms with Gasteiger partial charge in [0, 0.05) is 16.5 Å². The molecule has 142 valence electrons. The number of amides is 2. The zero-order chi connectivity index (χ0) is 19.6. The van der Waals surface area contributed by atoms with Crippen molar-refractivity contribution < 1.29 is 18.4 Å². The average molecular weight is 390 g/mol. The van der Waals surface area contributed by atoms with Crippen molar-refractivity contribution in [3.63, 3.8) is 0 Å². The number of hydrogen-bond acceptors (Lipinski definition) is 3. The average Bonchev–Trinajstić information content (AvgIpc) is 2.98. The second kappa shape index (κ2) is 8.08. The van der Waals surface area contributed by atoms with Gasteiger partial charge in [-0.1, -0.05) is 18.2 Å². The first kappa shape index (κ1) is 19.4. The van der Waals surface area contributed by atoms with Crippen molar-refractivity contribution in [2.75, 3.05) is 11.1 Å². The summed E-state index contributed by atoms with van der Waals surface area (Å²) in [5, 5.41) is 5.17. The molecule has 0 fully saturated rings. The number of fused-ring (bicyclic) bond motifs is 1. The summed E-state index contributed by atoms with van der Waals surface area (Å²) >= 11 is 1.18. The number of benzene rings is 2. The minimum absolute atomic E-state index is 0.0147. The van der Waals surface area contributed by atoms with Gasteiger partial charge in [-0.15, -0.1) is 11.8 Å². The van der Waals surface area contributed by atoms with E-state index in [4.69, 9.17) is 0 Å². The standard InChI is InChI=1S/C20H20F2N2O2S/c1-11(13-6-7-17-14(8-13)9-18(25)24-17)23-19(26)10-27-12(2)20-15(21)4-3-5-16(20)22/h3-8,11-12H,9-10H2,1-2H3,(H,23,26)(H,24,25)/t11-,12-/m1/s1. The minimum atomic E-state index is -0.606. The van der Waals surface area contributed by atoms with Crippen LogP contribution in [0.4, 0.5) is 14.5 Å². The van der Waals surface area contributed by atoms with Crippen molar-refractivity contribution in [1.29, 1.82) is 0 Å². The maximum absolute atomic E-state index is 13.8. The van der Waals surface area contributed by atoms with Gasteiger partial charge >= 0.3 is 0 Å². The first-order valence-electron chi connectivity index (χ1n) is 8.62. The lowest BCUT2D eigenvalue weighted by Crippen LogP contribution is -2.28. The molecule has 0 unspecified atom stereocenters. The lowest BCUT2D eigenvalue weighted by Gasteiger charge is -2.17. The molecule has 2 atom stereocenters. The van der Waals surface area contributed by atoms with Gasteiger partial charge < -0.3 is 10.6 Å². The van der Waals surface area contributed by atoms with Crippen LogP contribution in [0.25, 0.3) is 0 Å². The van der Waals surface area contributed by atoms with Crippen molar-refractivity contribution in [1.82, 2.24) is 5.32 Å². The Kier molecular flexibility index (Phi) is 5.79. The van der Waals surface area contributed by atoms with Crippen molar-refractivity contribution in [2.24, 2.45) is 0 Å². The van der Waals surface area contributed by atoms with Crippen LogP contribution in [-0.4, -0.2) is 17.6 Å². The Labute approximate surface area is 160 Å². The highest BCUT2D eigenvalue weighted by atomic mass is 32.2. The fourth-order valence-corrected chi connectivity index (χ4v) is 3.94. The quantitative estimate of drug-likeness (QED) is 0.780. The molecule has 0 bridgehead atoms. The molecule has 0 aliphatic carbocycles. The summed E-state index contributed by atoms with van der Waals surface area (Å²) in [4.78, 5) is 23.7. The van der Waals surface area contributed by atoms with Crippen LogP contribution in [0.3, 0.4) is 0 Å². The van der Waals surface area contributed by atoms with Crippen LogP contribution in [0.2, 0.25) is 0 Å². The highest BCUT2D eigenvalue weighted by molar-refractivity contribution is 8.00. The van der Waals surface area contributed by atoms with Crippen LogP contribution in [0.1, 0.15) is 41.8 Å². The second-order valence-electron chi connectivity index (χ2n) is 6.52. The molecule has 0 saturated carbocycles. The molecule has 2 amide bonds. The van der Waals surface area contributed by atoms with Crippen LogP contribution >= 0.6 is 11.8 Å². The summed E-state index contributed by atoms with van der Waals surface area (Å²) in [5.74, 6) is -1.38. The fraction of sp³-hybridized carbons (Fsp3) is 0.300. The minimum Gasteiger partial charge on any atom is -0.349 e. The van der Waals surface area contributed by atoms with E-state index in [0.29, 0.717) is 6.42 Å². The summed E-state index contributed by atoms with van der Waals surface area (Å²) in [6, 6.07) is 9.11. The molecular weight excluding hydrogens is 370 g/mol. The van der Waals surface area contributed by atoms with Crippen LogP contribution in [0.5, 0.6) is 0 Å². The second-order valence-corrected chi connectivity index (χ2v) is 7.85. The van der Waals surface area contributed by atoms with Gasteiger partial charge in [-0.2, -0.15) is 0 Å². The molecule has 2 N–H and O–H groups in total. The summed E-state index contributed by atoms with van der Waals surface area (Å²) in [7, 11) is 0. The molecule has 2 aromatic carbocycles. The third kappa shape index (κ3) is 4.47. The van der Waals surface area contributed by atoms with Gasteiger partial charge in [-0.05, 0) is 43.2 Å². The number of hydrogen-bond donors (Lipinski definition) is 2. The zero-order valence-electron chi connectivity index (χ0n) is 15.0. The number of rotatable bonds is 6. The van der Waals surface area contributed by atoms with Gasteiger partial charge in [0.1, 0.15) is 11.6 Å². The van der Waals surface area contributed by atoms with Crippen LogP contribution < -0.4 is 10.6 Å². The maximum Gasteiger partial charge on any atom is 0.230 e. The van der Waals surface area contributed by atoms with Crippen molar-refractivity contribution in [3.8, 4) is 0 Å². The number of carbonyl (C=O) groups excluding carboxylic acids is 2. The van der Waals surface area contributed by atoms with Crippen molar-refractivity contribution >= 4 is 29.3 Å². The van der Waals surface area contributed by atoms with Gasteiger partial charge in [0.05, 0.1) is 18.2 Å². The van der Waals surface area contributed by atoms with Crippen LogP contribution in [0, 0.1) is 11.6 Å². The molecule has 1 aliphatic heterocycles. The lowest BCUT2D eigenvalue weighted by atomic mass is 10.0. The molecule has 1 heterocycles. The van der Waals surface area contributed by atoms with Crippen molar-refractivity contribution in [3.05, 3.63) is 64.7 Å². The number of nitrogens with one attached hydrogen (secondary N) is 2. The smallest absolute Gasteiger partial charge is 0.230 e. The van der Waals surface area contributed by atoms with E-state index in [1.165, 1.54) is 30.0 Å². The normalized spacial score (nSPS) is 15.0. The molecule has 2 aromatic rings. The summed E-state index contributed by atoms with van der Waals surface area (Å²) in [5.41, 5.74) is 2.60. The predicted octanol–water partition coefficient (Wildman–Crippen LogP) is 4.13. The van der Waals surface area contributed by atoms with Gasteiger partial charge in [-0.3, -0.25) is 9.59 Å². The zero-order valence-corrected chi connectivity index (χ0v) is 15.8. The molecule has 7 heteroatoms. The molecule has 4 nitrogen and oxygen atoms in total. The summed E-state index contributed by atoms with van der Waals surface area (Å²) in [6.07, 6.45) is 0.339. The van der Waals surface area contributed by atoms with E-state index in [1.807, 2.05) is 25.1 Å². The first-order chi connectivity index (χ1) is 12.8. The van der Waals surface area contributed by atoms with Gasteiger partial charge in [0.15, 0.2) is 0 Å². The van der Waals surface area contributed by atoms with Crippen molar-refractivity contribution in [2.45, 2.75) is 31.6 Å². The van der Waals surface area contributed by atoms with E-state index in [-0.39, 0.29) is 29.2 Å². The largest absolute Gasteiger partial charge is 0.349 e. The highest BCUT2D eigenvalue weighted by Gasteiger charge is 2.20.